The third-order valence-corrected chi connectivity index (χ3v) is 12.2. The van der Waals surface area contributed by atoms with E-state index in [-0.39, 0.29) is 10.2 Å². The SMILES string of the molecule is CCCCCCCCCCCCC1=C(I2OC(C(F)(F)F)(C(F)(F)F)c3ccccc32)C1C(=O)OCC. The molecule has 0 saturated heterocycles. The molecule has 0 fully saturated rings. The van der Waals surface area contributed by atoms with Crippen molar-refractivity contribution in [3.63, 3.8) is 0 Å². The molecule has 0 N–H and O–H groups in total. The zero-order valence-corrected chi connectivity index (χ0v) is 23.4. The van der Waals surface area contributed by atoms with E-state index >= 15 is 0 Å². The van der Waals surface area contributed by atoms with E-state index in [1.54, 1.807) is 6.92 Å². The standard InChI is InChI=1S/C27H35F6IO3/c1-3-5-6-7-8-9-10-11-12-13-16-19-22(24(35)36-4-2)23(19)34-21-18-15-14-17-20(21)25(37-34,26(28,29)30)27(31,32)33/h14-15,17-18,22H,3-13,16H2,1-2H3. The van der Waals surface area contributed by atoms with Gasteiger partial charge in [-0.05, 0) is 0 Å². The maximum absolute atomic E-state index is 14.0. The Morgan fingerprint density at radius 3 is 1.97 bits per heavy atom. The summed E-state index contributed by atoms with van der Waals surface area (Å²) >= 11 is -3.64. The second kappa shape index (κ2) is 12.7. The molecule has 0 saturated carbocycles. The summed E-state index contributed by atoms with van der Waals surface area (Å²) in [5, 5.41) is 0. The van der Waals surface area contributed by atoms with Gasteiger partial charge in [0.25, 0.3) is 0 Å². The van der Waals surface area contributed by atoms with Crippen molar-refractivity contribution in [3.05, 3.63) is 42.6 Å². The molecule has 1 unspecified atom stereocenters. The van der Waals surface area contributed by atoms with Gasteiger partial charge in [-0.25, -0.2) is 0 Å². The van der Waals surface area contributed by atoms with Gasteiger partial charge in [0.1, 0.15) is 0 Å². The molecule has 37 heavy (non-hydrogen) atoms. The molecular formula is C27H35F6IO3. The molecular weight excluding hydrogens is 613 g/mol. The number of benzene rings is 1. The number of hydrogen-bond donors (Lipinski definition) is 0. The topological polar surface area (TPSA) is 35.5 Å². The van der Waals surface area contributed by atoms with E-state index in [1.165, 1.54) is 44.2 Å². The van der Waals surface area contributed by atoms with E-state index in [0.29, 0.717) is 15.6 Å². The molecule has 0 amide bonds. The van der Waals surface area contributed by atoms with Crippen molar-refractivity contribution in [2.24, 2.45) is 5.92 Å². The van der Waals surface area contributed by atoms with Crippen LogP contribution in [0.2, 0.25) is 0 Å². The Kier molecular flexibility index (Phi) is 10.4. The Balaban J connectivity index is 1.73. The molecule has 3 rings (SSSR count). The zero-order valence-electron chi connectivity index (χ0n) is 21.2. The van der Waals surface area contributed by atoms with Crippen molar-refractivity contribution in [1.82, 2.24) is 0 Å². The Labute approximate surface area is 222 Å². The third-order valence-electron chi connectivity index (χ3n) is 6.76. The number of carbonyl (C=O) groups excluding carboxylic acids is 1. The molecule has 0 spiro atoms. The van der Waals surface area contributed by atoms with Gasteiger partial charge in [0.05, 0.1) is 0 Å². The molecule has 1 aliphatic carbocycles. The van der Waals surface area contributed by atoms with E-state index in [4.69, 9.17) is 7.80 Å². The van der Waals surface area contributed by atoms with Gasteiger partial charge in [-0.15, -0.1) is 0 Å². The summed E-state index contributed by atoms with van der Waals surface area (Å²) < 4.78 is 94.7. The Morgan fingerprint density at radius 1 is 0.892 bits per heavy atom. The third kappa shape index (κ3) is 6.47. The predicted octanol–water partition coefficient (Wildman–Crippen LogP) is 9.39. The number of alkyl halides is 6. The molecule has 1 aliphatic heterocycles. The summed E-state index contributed by atoms with van der Waals surface area (Å²) in [4.78, 5) is 12.6. The predicted molar refractivity (Wildman–Crippen MR) is 138 cm³/mol. The van der Waals surface area contributed by atoms with Gasteiger partial charge in [-0.1, -0.05) is 13.3 Å². The van der Waals surface area contributed by atoms with Crippen LogP contribution in [0.1, 0.15) is 90.0 Å². The minimum absolute atomic E-state index is 0.0521. The van der Waals surface area contributed by atoms with Crippen molar-refractivity contribution in [1.29, 1.82) is 0 Å². The van der Waals surface area contributed by atoms with Gasteiger partial charge in [-0.2, -0.15) is 0 Å². The minimum atomic E-state index is -5.70. The summed E-state index contributed by atoms with van der Waals surface area (Å²) in [5.41, 5.74) is -4.67. The summed E-state index contributed by atoms with van der Waals surface area (Å²) in [7, 11) is 0. The Hall–Kier alpha value is -1.30. The molecule has 1 atom stereocenters. The maximum atomic E-state index is 14.0. The number of hydrogen-bond acceptors (Lipinski definition) is 3. The second-order valence-electron chi connectivity index (χ2n) is 9.47. The molecule has 0 aromatic heterocycles. The summed E-state index contributed by atoms with van der Waals surface area (Å²) in [6, 6.07) is 4.70. The molecule has 1 aromatic carbocycles. The zero-order chi connectivity index (χ0) is 27.3. The number of fused-ring (bicyclic) bond motifs is 1. The summed E-state index contributed by atoms with van der Waals surface area (Å²) in [6.07, 6.45) is 0.0804. The molecule has 1 aromatic rings. The van der Waals surface area contributed by atoms with Crippen LogP contribution in [0.4, 0.5) is 26.3 Å². The van der Waals surface area contributed by atoms with Crippen molar-refractivity contribution in [3.8, 4) is 0 Å². The molecule has 0 bridgehead atoms. The number of esters is 1. The van der Waals surface area contributed by atoms with Crippen molar-refractivity contribution >= 4 is 26.2 Å². The molecule has 2 aliphatic rings. The number of unbranched alkanes of at least 4 members (excludes halogenated alkanes) is 9. The molecule has 10 heteroatoms. The molecule has 3 nitrogen and oxygen atoms in total. The molecule has 0 radical (unpaired) electrons. The monoisotopic (exact) mass is 648 g/mol. The van der Waals surface area contributed by atoms with Crippen molar-refractivity contribution in [2.75, 3.05) is 6.61 Å². The Morgan fingerprint density at radius 2 is 1.43 bits per heavy atom. The van der Waals surface area contributed by atoms with Crippen LogP contribution in [-0.2, 0) is 18.2 Å². The van der Waals surface area contributed by atoms with Gasteiger partial charge in [0.15, 0.2) is 0 Å². The number of halogens is 7. The second-order valence-corrected chi connectivity index (χ2v) is 13.7. The van der Waals surface area contributed by atoms with E-state index in [9.17, 15) is 31.1 Å². The fourth-order valence-electron chi connectivity index (χ4n) is 4.78. The van der Waals surface area contributed by atoms with Crippen molar-refractivity contribution < 1.29 is 38.9 Å². The fraction of sp³-hybridized carbons (Fsp3) is 0.667. The van der Waals surface area contributed by atoms with E-state index in [0.717, 1.165) is 44.2 Å². The first kappa shape index (κ1) is 30.2. The Bertz CT molecular complexity index is 942. The van der Waals surface area contributed by atoms with Crippen LogP contribution in [0.3, 0.4) is 0 Å². The van der Waals surface area contributed by atoms with Gasteiger partial charge in [0, 0.05) is 0 Å². The van der Waals surface area contributed by atoms with Crippen LogP contribution in [-0.4, -0.2) is 24.9 Å². The normalized spacial score (nSPS) is 19.8. The fourth-order valence-corrected chi connectivity index (χ4v) is 11.2. The van der Waals surface area contributed by atoms with Crippen molar-refractivity contribution in [2.45, 2.75) is 102 Å². The van der Waals surface area contributed by atoms with Crippen LogP contribution in [0.25, 0.3) is 0 Å². The van der Waals surface area contributed by atoms with Crippen LogP contribution >= 0.6 is 20.2 Å². The van der Waals surface area contributed by atoms with E-state index < -0.39 is 55.6 Å². The van der Waals surface area contributed by atoms with Gasteiger partial charge < -0.3 is 0 Å². The van der Waals surface area contributed by atoms with Crippen LogP contribution in [0, 0.1) is 9.49 Å². The first-order valence-electron chi connectivity index (χ1n) is 13.0. The number of carbonyl (C=O) groups is 1. The quantitative estimate of drug-likeness (QED) is 0.0873. The molecule has 1 heterocycles. The van der Waals surface area contributed by atoms with Gasteiger partial charge in [-0.3, -0.25) is 0 Å². The summed E-state index contributed by atoms with van der Waals surface area (Å²) in [6.45, 7) is 3.87. The first-order chi connectivity index (χ1) is 17.5. The first-order valence-corrected chi connectivity index (χ1v) is 16.1. The number of rotatable bonds is 14. The van der Waals surface area contributed by atoms with Gasteiger partial charge in [0.2, 0.25) is 0 Å². The summed E-state index contributed by atoms with van der Waals surface area (Å²) in [5.74, 6) is -1.48. The van der Waals surface area contributed by atoms with Crippen LogP contribution in [0.15, 0.2) is 33.4 Å². The van der Waals surface area contributed by atoms with Gasteiger partial charge >= 0.3 is 209 Å². The molecule has 210 valence electrons. The van der Waals surface area contributed by atoms with Crippen LogP contribution in [0.5, 0.6) is 0 Å². The van der Waals surface area contributed by atoms with E-state index in [1.807, 2.05) is 0 Å². The van der Waals surface area contributed by atoms with E-state index in [2.05, 4.69) is 6.92 Å². The average Bonchev–Trinajstić information content (AvgIpc) is 3.41. The van der Waals surface area contributed by atoms with Crippen LogP contribution < -0.4 is 0 Å². The number of ether oxygens (including phenoxy) is 1. The average molecular weight is 648 g/mol.